The average molecular weight is 389 g/mol. The van der Waals surface area contributed by atoms with Crippen molar-refractivity contribution in [2.75, 3.05) is 47.1 Å². The molecule has 1 aliphatic heterocycles. The number of aromatic nitrogens is 2. The molecule has 1 aliphatic rings. The van der Waals surface area contributed by atoms with Gasteiger partial charge in [-0.15, -0.1) is 0 Å². The Hall–Kier alpha value is -2.45. The van der Waals surface area contributed by atoms with Crippen LogP contribution in [-0.2, 0) is 16.0 Å². The Labute approximate surface area is 165 Å². The largest absolute Gasteiger partial charge is 0.382 e. The molecule has 28 heavy (non-hydrogen) atoms. The molecule has 0 aliphatic carbocycles. The van der Waals surface area contributed by atoms with E-state index in [1.165, 1.54) is 0 Å². The third-order valence-electron chi connectivity index (χ3n) is 4.83. The lowest BCUT2D eigenvalue weighted by Gasteiger charge is -2.22. The Balaban J connectivity index is 1.50. The molecule has 1 N–H and O–H groups in total. The molecule has 1 unspecified atom stereocenters. The number of ether oxygens (including phenoxy) is 2. The maximum Gasteiger partial charge on any atom is 0.193 e. The zero-order valence-corrected chi connectivity index (χ0v) is 16.5. The van der Waals surface area contributed by atoms with Gasteiger partial charge in [0.1, 0.15) is 5.82 Å². The lowest BCUT2D eigenvalue weighted by atomic mass is 10.1. The summed E-state index contributed by atoms with van der Waals surface area (Å²) in [6, 6.07) is 5.22. The normalized spacial score (nSPS) is 17.3. The van der Waals surface area contributed by atoms with Crippen LogP contribution in [0.4, 0.5) is 4.39 Å². The molecule has 3 rings (SSSR count). The molecule has 2 heterocycles. The van der Waals surface area contributed by atoms with Gasteiger partial charge in [-0.3, -0.25) is 4.99 Å². The molecule has 1 atom stereocenters. The Morgan fingerprint density at radius 3 is 3.00 bits per heavy atom. The van der Waals surface area contributed by atoms with Crippen molar-refractivity contribution >= 4 is 5.96 Å². The van der Waals surface area contributed by atoms with Crippen molar-refractivity contribution in [3.05, 3.63) is 48.3 Å². The number of hydrogen-bond donors (Lipinski definition) is 1. The minimum absolute atomic E-state index is 0.276. The molecule has 0 bridgehead atoms. The first-order valence-corrected chi connectivity index (χ1v) is 9.50. The second-order valence-electron chi connectivity index (χ2n) is 6.82. The van der Waals surface area contributed by atoms with Gasteiger partial charge >= 0.3 is 0 Å². The number of rotatable bonds is 8. The van der Waals surface area contributed by atoms with Crippen LogP contribution in [0.5, 0.6) is 0 Å². The van der Waals surface area contributed by atoms with Crippen LogP contribution in [0.1, 0.15) is 12.0 Å². The van der Waals surface area contributed by atoms with E-state index in [4.69, 9.17) is 9.47 Å². The van der Waals surface area contributed by atoms with Crippen LogP contribution in [0.3, 0.4) is 0 Å². The second kappa shape index (κ2) is 10.2. The fourth-order valence-electron chi connectivity index (χ4n) is 3.34. The number of likely N-dealkylation sites (tertiary alicyclic amines) is 1. The van der Waals surface area contributed by atoms with Crippen LogP contribution in [0.25, 0.3) is 5.69 Å². The molecule has 2 aromatic rings. The molecule has 0 saturated carbocycles. The highest BCUT2D eigenvalue weighted by molar-refractivity contribution is 5.80. The molecule has 1 fully saturated rings. The minimum Gasteiger partial charge on any atom is -0.382 e. The van der Waals surface area contributed by atoms with Gasteiger partial charge in [0.25, 0.3) is 0 Å². The van der Waals surface area contributed by atoms with Gasteiger partial charge in [-0.25, -0.2) is 9.37 Å². The summed E-state index contributed by atoms with van der Waals surface area (Å²) in [5.41, 5.74) is 1.35. The number of benzene rings is 1. The van der Waals surface area contributed by atoms with Crippen LogP contribution >= 0.6 is 0 Å². The van der Waals surface area contributed by atoms with Crippen LogP contribution in [0, 0.1) is 11.7 Å². The SMILES string of the molecule is CN=C(NCc1ccc(-n2ccnc2)c(F)c1)N1CCC(COCCOC)C1. The highest BCUT2D eigenvalue weighted by atomic mass is 19.1. The summed E-state index contributed by atoms with van der Waals surface area (Å²) >= 11 is 0. The number of nitrogens with one attached hydrogen (secondary N) is 1. The van der Waals surface area contributed by atoms with Crippen LogP contribution in [0.15, 0.2) is 41.9 Å². The minimum atomic E-state index is -0.276. The highest BCUT2D eigenvalue weighted by Crippen LogP contribution is 2.18. The summed E-state index contributed by atoms with van der Waals surface area (Å²) in [7, 11) is 3.45. The van der Waals surface area contributed by atoms with Crippen molar-refractivity contribution in [2.24, 2.45) is 10.9 Å². The van der Waals surface area contributed by atoms with Crippen LogP contribution in [0.2, 0.25) is 0 Å². The van der Waals surface area contributed by atoms with E-state index in [1.807, 2.05) is 6.07 Å². The maximum atomic E-state index is 14.4. The predicted octanol–water partition coefficient (Wildman–Crippen LogP) is 2.07. The summed E-state index contributed by atoms with van der Waals surface area (Å²) in [4.78, 5) is 10.6. The van der Waals surface area contributed by atoms with Crippen molar-refractivity contribution in [1.82, 2.24) is 19.8 Å². The summed E-state index contributed by atoms with van der Waals surface area (Å²) in [6.45, 7) is 4.33. The number of methoxy groups -OCH3 is 1. The Bertz CT molecular complexity index is 766. The number of imidazole rings is 1. The van der Waals surface area contributed by atoms with E-state index in [-0.39, 0.29) is 5.82 Å². The average Bonchev–Trinajstić information content (AvgIpc) is 3.38. The van der Waals surface area contributed by atoms with E-state index in [0.717, 1.165) is 37.6 Å². The van der Waals surface area contributed by atoms with E-state index in [1.54, 1.807) is 49.6 Å². The zero-order chi connectivity index (χ0) is 19.8. The standard InChI is InChI=1S/C20H28FN5O2/c1-22-20(25-7-5-17(13-25)14-28-10-9-27-2)24-12-16-3-4-19(18(21)11-16)26-8-6-23-15-26/h3-4,6,8,11,15,17H,5,7,9-10,12-14H2,1-2H3,(H,22,24). The first-order chi connectivity index (χ1) is 13.7. The first-order valence-electron chi connectivity index (χ1n) is 9.50. The molecular formula is C20H28FN5O2. The molecule has 1 aromatic carbocycles. The molecule has 1 aromatic heterocycles. The smallest absolute Gasteiger partial charge is 0.193 e. The quantitative estimate of drug-likeness (QED) is 0.425. The Morgan fingerprint density at radius 1 is 1.39 bits per heavy atom. The highest BCUT2D eigenvalue weighted by Gasteiger charge is 2.24. The van der Waals surface area contributed by atoms with Crippen molar-refractivity contribution in [3.63, 3.8) is 0 Å². The molecule has 152 valence electrons. The molecule has 1 saturated heterocycles. The van der Waals surface area contributed by atoms with Gasteiger partial charge in [-0.05, 0) is 24.1 Å². The lowest BCUT2D eigenvalue weighted by Crippen LogP contribution is -2.39. The zero-order valence-electron chi connectivity index (χ0n) is 16.5. The molecule has 7 nitrogen and oxygen atoms in total. The lowest BCUT2D eigenvalue weighted by molar-refractivity contribution is 0.0536. The number of hydrogen-bond acceptors (Lipinski definition) is 4. The van der Waals surface area contributed by atoms with Crippen molar-refractivity contribution < 1.29 is 13.9 Å². The topological polar surface area (TPSA) is 63.9 Å². The number of aliphatic imine (C=N–C) groups is 1. The van der Waals surface area contributed by atoms with Gasteiger partial charge in [0, 0.05) is 52.1 Å². The summed E-state index contributed by atoms with van der Waals surface area (Å²) in [5.74, 6) is 1.04. The van der Waals surface area contributed by atoms with Gasteiger partial charge in [-0.2, -0.15) is 0 Å². The first kappa shape index (κ1) is 20.3. The van der Waals surface area contributed by atoms with E-state index in [2.05, 4.69) is 20.2 Å². The van der Waals surface area contributed by atoms with Crippen molar-refractivity contribution in [1.29, 1.82) is 0 Å². The molecule has 8 heteroatoms. The molecule has 0 amide bonds. The molecule has 0 spiro atoms. The molecular weight excluding hydrogens is 361 g/mol. The van der Waals surface area contributed by atoms with E-state index < -0.39 is 0 Å². The number of halogens is 1. The third-order valence-corrected chi connectivity index (χ3v) is 4.83. The number of guanidine groups is 1. The summed E-state index contributed by atoms with van der Waals surface area (Å²) in [6.07, 6.45) is 6.01. The fourth-order valence-corrected chi connectivity index (χ4v) is 3.34. The Kier molecular flexibility index (Phi) is 7.39. The van der Waals surface area contributed by atoms with E-state index in [0.29, 0.717) is 31.4 Å². The maximum absolute atomic E-state index is 14.4. The summed E-state index contributed by atoms with van der Waals surface area (Å²) in [5, 5.41) is 3.34. The van der Waals surface area contributed by atoms with Crippen LogP contribution < -0.4 is 5.32 Å². The Morgan fingerprint density at radius 2 is 2.29 bits per heavy atom. The van der Waals surface area contributed by atoms with Crippen molar-refractivity contribution in [2.45, 2.75) is 13.0 Å². The van der Waals surface area contributed by atoms with Gasteiger partial charge in [0.15, 0.2) is 5.96 Å². The van der Waals surface area contributed by atoms with Gasteiger partial charge in [0.05, 0.1) is 31.8 Å². The third kappa shape index (κ3) is 5.30. The summed E-state index contributed by atoms with van der Waals surface area (Å²) < 4.78 is 26.7. The van der Waals surface area contributed by atoms with E-state index >= 15 is 0 Å². The predicted molar refractivity (Wildman–Crippen MR) is 106 cm³/mol. The second-order valence-corrected chi connectivity index (χ2v) is 6.82. The van der Waals surface area contributed by atoms with Crippen molar-refractivity contribution in [3.8, 4) is 5.69 Å². The monoisotopic (exact) mass is 389 g/mol. The van der Waals surface area contributed by atoms with Crippen LogP contribution in [-0.4, -0.2) is 67.5 Å². The van der Waals surface area contributed by atoms with E-state index in [9.17, 15) is 4.39 Å². The van der Waals surface area contributed by atoms with Gasteiger partial charge in [0.2, 0.25) is 0 Å². The van der Waals surface area contributed by atoms with Gasteiger partial charge < -0.3 is 24.3 Å². The number of nitrogens with zero attached hydrogens (tertiary/aromatic N) is 4. The van der Waals surface area contributed by atoms with Gasteiger partial charge in [-0.1, -0.05) is 6.07 Å². The molecule has 0 radical (unpaired) electrons. The fraction of sp³-hybridized carbons (Fsp3) is 0.500.